The van der Waals surface area contributed by atoms with Crippen LogP contribution in [-0.4, -0.2) is 42.4 Å². The molecule has 1 aromatic rings. The Hall–Kier alpha value is -1.56. The summed E-state index contributed by atoms with van der Waals surface area (Å²) in [6.45, 7) is 5.68. The second-order valence-corrected chi connectivity index (χ2v) is 5.56. The maximum atomic E-state index is 12.5. The topological polar surface area (TPSA) is 61.4 Å². The number of halogens is 2. The summed E-state index contributed by atoms with van der Waals surface area (Å²) in [7, 11) is 0. The molecule has 2 amide bonds. The van der Waals surface area contributed by atoms with Gasteiger partial charge in [0.2, 0.25) is 11.8 Å². The molecule has 1 fully saturated rings. The van der Waals surface area contributed by atoms with Crippen LogP contribution in [0, 0.1) is 0 Å². The Morgan fingerprint density at radius 2 is 2.22 bits per heavy atom. The molecule has 1 aliphatic heterocycles. The zero-order valence-electron chi connectivity index (χ0n) is 12.8. The summed E-state index contributed by atoms with van der Waals surface area (Å²) in [5.41, 5.74) is 0.911. The van der Waals surface area contributed by atoms with Gasteiger partial charge < -0.3 is 15.5 Å². The summed E-state index contributed by atoms with van der Waals surface area (Å²) < 4.78 is 0. The lowest BCUT2D eigenvalue weighted by Gasteiger charge is -2.33. The van der Waals surface area contributed by atoms with Crippen LogP contribution >= 0.6 is 24.0 Å². The SMILES string of the molecule is C=CCNC(=O)CC1NCCN(Cc2ccccc2Cl)C1=O.Cl. The standard InChI is InChI=1S/C16H20ClN3O2.ClH/c1-2-7-19-15(21)10-14-16(22)20(9-8-18-14)11-12-5-3-4-6-13(12)17;/h2-6,14,18H,1,7-11H2,(H,19,21);1H. The summed E-state index contributed by atoms with van der Waals surface area (Å²) in [6, 6.07) is 6.99. The minimum Gasteiger partial charge on any atom is -0.353 e. The van der Waals surface area contributed by atoms with Gasteiger partial charge in [0, 0.05) is 31.2 Å². The minimum absolute atomic E-state index is 0. The van der Waals surface area contributed by atoms with E-state index in [-0.39, 0.29) is 30.6 Å². The molecule has 1 heterocycles. The van der Waals surface area contributed by atoms with E-state index < -0.39 is 6.04 Å². The third-order valence-corrected chi connectivity index (χ3v) is 3.90. The van der Waals surface area contributed by atoms with Crippen LogP contribution in [0.25, 0.3) is 0 Å². The Morgan fingerprint density at radius 1 is 1.48 bits per heavy atom. The van der Waals surface area contributed by atoms with Crippen LogP contribution in [-0.2, 0) is 16.1 Å². The Morgan fingerprint density at radius 3 is 2.91 bits per heavy atom. The van der Waals surface area contributed by atoms with Crippen molar-refractivity contribution >= 4 is 35.8 Å². The summed E-state index contributed by atoms with van der Waals surface area (Å²) in [5, 5.41) is 6.43. The number of nitrogens with one attached hydrogen (secondary N) is 2. The van der Waals surface area contributed by atoms with Crippen LogP contribution in [0.1, 0.15) is 12.0 Å². The number of piperazine rings is 1. The third-order valence-electron chi connectivity index (χ3n) is 3.53. The van der Waals surface area contributed by atoms with E-state index >= 15 is 0 Å². The van der Waals surface area contributed by atoms with Crippen molar-refractivity contribution in [2.75, 3.05) is 19.6 Å². The number of amides is 2. The largest absolute Gasteiger partial charge is 0.353 e. The van der Waals surface area contributed by atoms with Gasteiger partial charge in [0.15, 0.2) is 0 Å². The lowest BCUT2D eigenvalue weighted by molar-refractivity contribution is -0.138. The number of benzene rings is 1. The monoisotopic (exact) mass is 357 g/mol. The van der Waals surface area contributed by atoms with Crippen LogP contribution in [0.3, 0.4) is 0 Å². The summed E-state index contributed by atoms with van der Waals surface area (Å²) in [6.07, 6.45) is 1.74. The highest BCUT2D eigenvalue weighted by atomic mass is 35.5. The van der Waals surface area contributed by atoms with Gasteiger partial charge in [-0.05, 0) is 11.6 Å². The molecule has 1 unspecified atom stereocenters. The number of carbonyl (C=O) groups excluding carboxylic acids is 2. The highest BCUT2D eigenvalue weighted by Gasteiger charge is 2.30. The molecule has 1 aromatic carbocycles. The Bertz CT molecular complexity index is 566. The number of rotatable bonds is 6. The van der Waals surface area contributed by atoms with Crippen molar-refractivity contribution in [2.45, 2.75) is 19.0 Å². The van der Waals surface area contributed by atoms with Crippen molar-refractivity contribution in [1.82, 2.24) is 15.5 Å². The smallest absolute Gasteiger partial charge is 0.240 e. The van der Waals surface area contributed by atoms with E-state index in [1.807, 2.05) is 24.3 Å². The average molecular weight is 358 g/mol. The van der Waals surface area contributed by atoms with Crippen LogP contribution < -0.4 is 10.6 Å². The van der Waals surface area contributed by atoms with E-state index in [1.165, 1.54) is 0 Å². The van der Waals surface area contributed by atoms with Crippen molar-refractivity contribution in [2.24, 2.45) is 0 Å². The molecule has 0 spiro atoms. The fourth-order valence-corrected chi connectivity index (χ4v) is 2.58. The average Bonchev–Trinajstić information content (AvgIpc) is 2.51. The first-order valence-corrected chi connectivity index (χ1v) is 7.62. The van der Waals surface area contributed by atoms with Crippen LogP contribution in [0.4, 0.5) is 0 Å². The first kappa shape index (κ1) is 19.5. The Labute approximate surface area is 147 Å². The quantitative estimate of drug-likeness (QED) is 0.762. The number of hydrogen-bond donors (Lipinski definition) is 2. The molecule has 1 atom stereocenters. The Balaban J connectivity index is 0.00000264. The van der Waals surface area contributed by atoms with Gasteiger partial charge in [0.05, 0.1) is 12.5 Å². The maximum absolute atomic E-state index is 12.5. The van der Waals surface area contributed by atoms with Gasteiger partial charge in [0.25, 0.3) is 0 Å². The molecule has 0 radical (unpaired) electrons. The van der Waals surface area contributed by atoms with Gasteiger partial charge in [-0.15, -0.1) is 19.0 Å². The van der Waals surface area contributed by atoms with E-state index in [4.69, 9.17) is 11.6 Å². The van der Waals surface area contributed by atoms with Gasteiger partial charge in [-0.3, -0.25) is 9.59 Å². The molecule has 126 valence electrons. The molecule has 1 aliphatic rings. The van der Waals surface area contributed by atoms with Gasteiger partial charge in [-0.2, -0.15) is 0 Å². The van der Waals surface area contributed by atoms with Gasteiger partial charge in [-0.1, -0.05) is 35.9 Å². The highest BCUT2D eigenvalue weighted by Crippen LogP contribution is 2.18. The summed E-state index contributed by atoms with van der Waals surface area (Å²) in [4.78, 5) is 26.0. The van der Waals surface area contributed by atoms with E-state index in [2.05, 4.69) is 17.2 Å². The van der Waals surface area contributed by atoms with E-state index in [0.717, 1.165) is 5.56 Å². The van der Waals surface area contributed by atoms with Crippen molar-refractivity contribution in [3.63, 3.8) is 0 Å². The summed E-state index contributed by atoms with van der Waals surface area (Å²) >= 11 is 6.14. The summed E-state index contributed by atoms with van der Waals surface area (Å²) in [5.74, 6) is -0.231. The molecular weight excluding hydrogens is 337 g/mol. The first-order valence-electron chi connectivity index (χ1n) is 7.25. The minimum atomic E-state index is -0.485. The number of hydrogen-bond acceptors (Lipinski definition) is 3. The lowest BCUT2D eigenvalue weighted by Crippen LogP contribution is -2.55. The van der Waals surface area contributed by atoms with Gasteiger partial charge in [0.1, 0.15) is 0 Å². The molecule has 23 heavy (non-hydrogen) atoms. The fraction of sp³-hybridized carbons (Fsp3) is 0.375. The van der Waals surface area contributed by atoms with Crippen LogP contribution in [0.5, 0.6) is 0 Å². The van der Waals surface area contributed by atoms with E-state index in [1.54, 1.807) is 11.0 Å². The molecule has 7 heteroatoms. The van der Waals surface area contributed by atoms with Crippen molar-refractivity contribution in [1.29, 1.82) is 0 Å². The second-order valence-electron chi connectivity index (χ2n) is 5.15. The van der Waals surface area contributed by atoms with Gasteiger partial charge >= 0.3 is 0 Å². The molecule has 0 saturated carbocycles. The van der Waals surface area contributed by atoms with Gasteiger partial charge in [-0.25, -0.2) is 0 Å². The van der Waals surface area contributed by atoms with Crippen LogP contribution in [0.2, 0.25) is 5.02 Å². The molecule has 1 saturated heterocycles. The van der Waals surface area contributed by atoms with Crippen LogP contribution in [0.15, 0.2) is 36.9 Å². The molecular formula is C16H21Cl2N3O2. The molecule has 2 N–H and O–H groups in total. The predicted octanol–water partition coefficient (Wildman–Crippen LogP) is 1.75. The number of nitrogens with zero attached hydrogens (tertiary/aromatic N) is 1. The predicted molar refractivity (Wildman–Crippen MR) is 93.7 cm³/mol. The van der Waals surface area contributed by atoms with E-state index in [0.29, 0.717) is 31.2 Å². The lowest BCUT2D eigenvalue weighted by atomic mass is 10.1. The molecule has 2 rings (SSSR count). The molecule has 0 aromatic heterocycles. The second kappa shape index (κ2) is 9.55. The Kier molecular flexibility index (Phi) is 8.09. The van der Waals surface area contributed by atoms with Crippen molar-refractivity contribution in [3.05, 3.63) is 47.5 Å². The van der Waals surface area contributed by atoms with Crippen molar-refractivity contribution < 1.29 is 9.59 Å². The zero-order valence-corrected chi connectivity index (χ0v) is 14.3. The highest BCUT2D eigenvalue weighted by molar-refractivity contribution is 6.31. The molecule has 5 nitrogen and oxygen atoms in total. The van der Waals surface area contributed by atoms with E-state index in [9.17, 15) is 9.59 Å². The maximum Gasteiger partial charge on any atom is 0.240 e. The fourth-order valence-electron chi connectivity index (χ4n) is 2.38. The normalized spacial score (nSPS) is 17.3. The molecule has 0 aliphatic carbocycles. The molecule has 0 bridgehead atoms. The zero-order chi connectivity index (χ0) is 15.9. The van der Waals surface area contributed by atoms with Crippen molar-refractivity contribution in [3.8, 4) is 0 Å². The first-order chi connectivity index (χ1) is 10.6. The third kappa shape index (κ3) is 5.53. The number of carbonyl (C=O) groups is 2.